The summed E-state index contributed by atoms with van der Waals surface area (Å²) in [7, 11) is 1.52. The first-order valence-electron chi connectivity index (χ1n) is 6.47. The third kappa shape index (κ3) is 4.07. The summed E-state index contributed by atoms with van der Waals surface area (Å²) in [6.07, 6.45) is 1.42. The molecule has 7 heteroatoms. The monoisotopic (exact) mass is 274 g/mol. The number of nitrogens with one attached hydrogen (secondary N) is 1. The van der Waals surface area contributed by atoms with E-state index in [1.54, 1.807) is 0 Å². The van der Waals surface area contributed by atoms with Gasteiger partial charge in [0, 0.05) is 7.05 Å². The van der Waals surface area contributed by atoms with Crippen LogP contribution in [-0.2, 0) is 4.79 Å². The van der Waals surface area contributed by atoms with Gasteiger partial charge in [-0.1, -0.05) is 12.8 Å². The van der Waals surface area contributed by atoms with Crippen LogP contribution in [0.2, 0.25) is 0 Å². The lowest BCUT2D eigenvalue weighted by Gasteiger charge is -2.35. The molecule has 1 aliphatic rings. The van der Waals surface area contributed by atoms with Crippen LogP contribution in [0, 0.1) is 0 Å². The molecular formula is C12H22N2O5. The molecule has 0 aromatic heterocycles. The van der Waals surface area contributed by atoms with Gasteiger partial charge in [-0.25, -0.2) is 9.59 Å². The second-order valence-electron chi connectivity index (χ2n) is 5.04. The van der Waals surface area contributed by atoms with Crippen molar-refractivity contribution >= 4 is 12.0 Å². The molecule has 0 spiro atoms. The number of likely N-dealkylation sites (N-methyl/N-ethyl adjacent to an activating group) is 1. The zero-order valence-corrected chi connectivity index (χ0v) is 11.2. The number of carbonyl (C=O) groups is 2. The highest BCUT2D eigenvalue weighted by atomic mass is 16.4. The number of aliphatic carboxylic acids is 1. The minimum absolute atomic E-state index is 0.308. The number of rotatable bonds is 4. The number of carbonyl (C=O) groups excluding carboxylic acids is 1. The minimum Gasteiger partial charge on any atom is -0.480 e. The maximum Gasteiger partial charge on any atom is 0.328 e. The number of aliphatic hydroxyl groups excluding tert-OH is 2. The lowest BCUT2D eigenvalue weighted by Crippen LogP contribution is -2.55. The maximum atomic E-state index is 11.9. The summed E-state index contributed by atoms with van der Waals surface area (Å²) in [5.41, 5.74) is 0. The average Bonchev–Trinajstić information content (AvgIpc) is 2.34. The molecule has 2 unspecified atom stereocenters. The fraction of sp³-hybridized carbons (Fsp3) is 0.833. The molecule has 0 radical (unpaired) electrons. The van der Waals surface area contributed by atoms with Crippen molar-refractivity contribution in [2.24, 2.45) is 0 Å². The van der Waals surface area contributed by atoms with Crippen molar-refractivity contribution in [3.05, 3.63) is 0 Å². The largest absolute Gasteiger partial charge is 0.480 e. The second kappa shape index (κ2) is 6.72. The van der Waals surface area contributed by atoms with E-state index in [-0.39, 0.29) is 6.04 Å². The second-order valence-corrected chi connectivity index (χ2v) is 5.04. The van der Waals surface area contributed by atoms with Crippen LogP contribution in [-0.4, -0.2) is 63.6 Å². The molecule has 0 aromatic rings. The van der Waals surface area contributed by atoms with Gasteiger partial charge in [-0.15, -0.1) is 0 Å². The average molecular weight is 274 g/mol. The van der Waals surface area contributed by atoms with E-state index in [0.717, 1.165) is 12.8 Å². The smallest absolute Gasteiger partial charge is 0.328 e. The Bertz CT molecular complexity index is 334. The van der Waals surface area contributed by atoms with E-state index in [9.17, 15) is 19.8 Å². The van der Waals surface area contributed by atoms with Crippen LogP contribution in [0.4, 0.5) is 4.79 Å². The van der Waals surface area contributed by atoms with Crippen molar-refractivity contribution < 1.29 is 24.9 Å². The molecule has 1 rings (SSSR count). The van der Waals surface area contributed by atoms with Crippen LogP contribution in [0.15, 0.2) is 0 Å². The molecule has 19 heavy (non-hydrogen) atoms. The van der Waals surface area contributed by atoms with Gasteiger partial charge in [0.2, 0.25) is 0 Å². The highest BCUT2D eigenvalue weighted by Crippen LogP contribution is 2.22. The van der Waals surface area contributed by atoms with Gasteiger partial charge in [0.1, 0.15) is 0 Å². The Morgan fingerprint density at radius 3 is 2.37 bits per heavy atom. The zero-order chi connectivity index (χ0) is 14.6. The molecule has 1 aliphatic carbocycles. The van der Waals surface area contributed by atoms with Crippen LogP contribution in [0.1, 0.15) is 32.6 Å². The quantitative estimate of drug-likeness (QED) is 0.566. The first-order chi connectivity index (χ1) is 8.84. The van der Waals surface area contributed by atoms with Gasteiger partial charge < -0.3 is 25.5 Å². The fourth-order valence-corrected chi connectivity index (χ4v) is 2.32. The molecule has 7 nitrogen and oxygen atoms in total. The Morgan fingerprint density at radius 1 is 1.32 bits per heavy atom. The Balaban J connectivity index is 2.63. The molecule has 0 heterocycles. The van der Waals surface area contributed by atoms with Gasteiger partial charge in [-0.3, -0.25) is 0 Å². The summed E-state index contributed by atoms with van der Waals surface area (Å²) < 4.78 is 0. The number of amides is 2. The van der Waals surface area contributed by atoms with E-state index in [1.165, 1.54) is 18.9 Å². The van der Waals surface area contributed by atoms with Gasteiger partial charge in [0.05, 0.1) is 18.2 Å². The number of urea groups is 1. The lowest BCUT2D eigenvalue weighted by atomic mass is 9.92. The summed E-state index contributed by atoms with van der Waals surface area (Å²) in [6, 6.07) is -2.26. The number of hydrogen-bond acceptors (Lipinski definition) is 4. The molecule has 4 atom stereocenters. The molecule has 0 aromatic carbocycles. The van der Waals surface area contributed by atoms with Crippen LogP contribution in [0.5, 0.6) is 0 Å². The Labute approximate surface area is 112 Å². The SMILES string of the molecule is C[C@@H](O)[C@H](NC(=O)N(C)C1CCCCC1O)C(=O)O. The molecule has 2 amide bonds. The number of aliphatic hydroxyl groups is 2. The van der Waals surface area contributed by atoms with Crippen molar-refractivity contribution in [3.63, 3.8) is 0 Å². The lowest BCUT2D eigenvalue weighted by molar-refractivity contribution is -0.141. The number of nitrogens with zero attached hydrogens (tertiary/aromatic N) is 1. The number of hydrogen-bond donors (Lipinski definition) is 4. The summed E-state index contributed by atoms with van der Waals surface area (Å²) >= 11 is 0. The highest BCUT2D eigenvalue weighted by molar-refractivity contribution is 5.83. The predicted molar refractivity (Wildman–Crippen MR) is 67.7 cm³/mol. The topological polar surface area (TPSA) is 110 Å². The standard InChI is InChI=1S/C12H22N2O5/c1-7(15)10(11(17)18)13-12(19)14(2)8-5-3-4-6-9(8)16/h7-10,15-16H,3-6H2,1-2H3,(H,13,19)(H,17,18)/t7-,8?,9?,10+/m1/s1. The van der Waals surface area contributed by atoms with Crippen molar-refractivity contribution in [1.82, 2.24) is 10.2 Å². The fourth-order valence-electron chi connectivity index (χ4n) is 2.32. The Hall–Kier alpha value is -1.34. The van der Waals surface area contributed by atoms with Crippen LogP contribution < -0.4 is 5.32 Å². The molecule has 0 aliphatic heterocycles. The van der Waals surface area contributed by atoms with Gasteiger partial charge in [-0.2, -0.15) is 0 Å². The normalized spacial score (nSPS) is 26.3. The number of carboxylic acids is 1. The summed E-state index contributed by atoms with van der Waals surface area (Å²) in [6.45, 7) is 1.30. The van der Waals surface area contributed by atoms with Gasteiger partial charge in [0.25, 0.3) is 0 Å². The first-order valence-corrected chi connectivity index (χ1v) is 6.47. The highest BCUT2D eigenvalue weighted by Gasteiger charge is 2.32. The van der Waals surface area contributed by atoms with Gasteiger partial charge >= 0.3 is 12.0 Å². The van der Waals surface area contributed by atoms with Crippen LogP contribution in [0.3, 0.4) is 0 Å². The van der Waals surface area contributed by atoms with Gasteiger partial charge in [0.15, 0.2) is 6.04 Å². The van der Waals surface area contributed by atoms with Crippen molar-refractivity contribution in [2.45, 2.75) is 56.9 Å². The van der Waals surface area contributed by atoms with E-state index in [4.69, 9.17) is 5.11 Å². The van der Waals surface area contributed by atoms with Crippen molar-refractivity contribution in [3.8, 4) is 0 Å². The summed E-state index contributed by atoms with van der Waals surface area (Å²) in [5, 5.41) is 30.3. The molecule has 1 fully saturated rings. The van der Waals surface area contributed by atoms with Crippen molar-refractivity contribution in [2.75, 3.05) is 7.05 Å². The summed E-state index contributed by atoms with van der Waals surface area (Å²) in [5.74, 6) is -1.29. The molecule has 1 saturated carbocycles. The third-order valence-electron chi connectivity index (χ3n) is 3.54. The summed E-state index contributed by atoms with van der Waals surface area (Å²) in [4.78, 5) is 24.2. The molecule has 4 N–H and O–H groups in total. The van der Waals surface area contributed by atoms with E-state index in [1.807, 2.05) is 0 Å². The zero-order valence-electron chi connectivity index (χ0n) is 11.2. The van der Waals surface area contributed by atoms with E-state index >= 15 is 0 Å². The Kier molecular flexibility index (Phi) is 5.56. The molecule has 0 saturated heterocycles. The van der Waals surface area contributed by atoms with E-state index in [0.29, 0.717) is 12.8 Å². The molecular weight excluding hydrogens is 252 g/mol. The molecule has 110 valence electrons. The van der Waals surface area contributed by atoms with E-state index < -0.39 is 30.3 Å². The Morgan fingerprint density at radius 2 is 1.89 bits per heavy atom. The third-order valence-corrected chi connectivity index (χ3v) is 3.54. The van der Waals surface area contributed by atoms with Crippen molar-refractivity contribution in [1.29, 1.82) is 0 Å². The number of carboxylic acid groups (broad SMARTS) is 1. The predicted octanol–water partition coefficient (Wildman–Crippen LogP) is -0.235. The molecule has 0 bridgehead atoms. The minimum atomic E-state index is -1.35. The first kappa shape index (κ1) is 15.7. The van der Waals surface area contributed by atoms with Crippen LogP contribution >= 0.6 is 0 Å². The van der Waals surface area contributed by atoms with Crippen LogP contribution in [0.25, 0.3) is 0 Å². The van der Waals surface area contributed by atoms with Gasteiger partial charge in [-0.05, 0) is 19.8 Å². The van der Waals surface area contributed by atoms with E-state index in [2.05, 4.69) is 5.32 Å². The maximum absolute atomic E-state index is 11.9.